The predicted molar refractivity (Wildman–Crippen MR) is 301 cm³/mol. The third kappa shape index (κ3) is 11.0. The van der Waals surface area contributed by atoms with E-state index in [1.807, 2.05) is 54.6 Å². The Morgan fingerprint density at radius 1 is 0.481 bits per heavy atom. The Morgan fingerprint density at radius 3 is 1.30 bits per heavy atom. The molecule has 81 heavy (non-hydrogen) atoms. The van der Waals surface area contributed by atoms with E-state index in [9.17, 15) is 39.6 Å². The SMILES string of the molecule is O=C(O)C12CC3CC(CC(O)(C3)C1)C2.O=C(OCc1cccc2ccccc12)C12CC3CC(CC(O)(C3)C1)C2.O=C(n1ccnc1)C12CC3CC(CC(O)(C3)C1)C2.O=C(n1ccnc1)n1ccnc1.OCc1cccc2ccccc12. The minimum Gasteiger partial charge on any atom is -0.481 e. The summed E-state index contributed by atoms with van der Waals surface area (Å²) in [5.74, 6) is 2.40. The van der Waals surface area contributed by atoms with Crippen LogP contribution in [0.5, 0.6) is 0 Å². The van der Waals surface area contributed by atoms with Crippen molar-refractivity contribution in [1.82, 2.24) is 28.7 Å². The number of nitrogens with zero attached hydrogens (tertiary/aromatic N) is 6. The van der Waals surface area contributed by atoms with Crippen LogP contribution >= 0.6 is 0 Å². The Kier molecular flexibility index (Phi) is 14.5. The lowest BCUT2D eigenvalue weighted by Crippen LogP contribution is -2.58. The molecule has 0 amide bonds. The van der Waals surface area contributed by atoms with Crippen molar-refractivity contribution < 1.29 is 49.4 Å². The van der Waals surface area contributed by atoms with Gasteiger partial charge in [-0.15, -0.1) is 0 Å². The fourth-order valence-corrected chi connectivity index (χ4v) is 18.1. The predicted octanol–water partition coefficient (Wildman–Crippen LogP) is 10.4. The fraction of sp³-hybridized carbons (Fsp3) is 0.492. The van der Waals surface area contributed by atoms with Crippen molar-refractivity contribution in [3.8, 4) is 0 Å². The number of imidazole rings is 3. The molecule has 12 fully saturated rings. The number of aliphatic hydroxyl groups excluding tert-OH is 1. The summed E-state index contributed by atoms with van der Waals surface area (Å²) in [6.45, 7) is 0.428. The summed E-state index contributed by atoms with van der Waals surface area (Å²) in [5.41, 5.74) is -1.12. The molecule has 3 aromatic heterocycles. The third-order valence-electron chi connectivity index (χ3n) is 19.9. The topological polar surface area (TPSA) is 232 Å². The molecule has 19 rings (SSSR count). The second kappa shape index (κ2) is 21.5. The van der Waals surface area contributed by atoms with E-state index in [1.165, 1.54) is 45.4 Å². The summed E-state index contributed by atoms with van der Waals surface area (Å²) in [5, 5.41) is 54.7. The van der Waals surface area contributed by atoms with Crippen LogP contribution in [-0.2, 0) is 27.5 Å². The number of aliphatic carboxylic acids is 1. The Morgan fingerprint density at radius 2 is 0.864 bits per heavy atom. The summed E-state index contributed by atoms with van der Waals surface area (Å²) in [6, 6.07) is 28.2. The number of hydrogen-bond acceptors (Lipinski definition) is 12. The van der Waals surface area contributed by atoms with Gasteiger partial charge in [0.15, 0.2) is 0 Å². The molecule has 424 valence electrons. The molecule has 12 bridgehead atoms. The fourth-order valence-electron chi connectivity index (χ4n) is 18.1. The van der Waals surface area contributed by atoms with Crippen LogP contribution < -0.4 is 0 Å². The average molecular weight is 1100 g/mol. The maximum atomic E-state index is 13.0. The number of aromatic nitrogens is 6. The normalized spacial score (nSPS) is 33.7. The van der Waals surface area contributed by atoms with Crippen LogP contribution in [0.2, 0.25) is 0 Å². The van der Waals surface area contributed by atoms with Gasteiger partial charge in [0.2, 0.25) is 5.91 Å². The monoisotopic (exact) mass is 1100 g/mol. The smallest absolute Gasteiger partial charge is 0.338 e. The first-order valence-electron chi connectivity index (χ1n) is 29.1. The Balaban J connectivity index is 0.000000104. The van der Waals surface area contributed by atoms with Gasteiger partial charge in [0.1, 0.15) is 25.6 Å². The summed E-state index contributed by atoms with van der Waals surface area (Å²) in [7, 11) is 0. The molecular weight excluding hydrogens is 1020 g/mol. The maximum Gasteiger partial charge on any atom is 0.338 e. The van der Waals surface area contributed by atoms with Gasteiger partial charge in [-0.25, -0.2) is 19.7 Å². The highest BCUT2D eigenvalue weighted by atomic mass is 16.5. The van der Waals surface area contributed by atoms with E-state index in [0.717, 1.165) is 105 Å². The van der Waals surface area contributed by atoms with Crippen molar-refractivity contribution >= 4 is 45.4 Å². The molecule has 12 aliphatic carbocycles. The molecule has 6 atom stereocenters. The Hall–Kier alpha value is -6.85. The molecule has 16 nitrogen and oxygen atoms in total. The number of carbonyl (C=O) groups is 4. The average Bonchev–Trinajstić information content (AvgIpc) is 3.98. The summed E-state index contributed by atoms with van der Waals surface area (Å²) in [6.07, 6.45) is 30.0. The minimum atomic E-state index is -0.676. The number of hydrogen-bond donors (Lipinski definition) is 5. The standard InChI is InChI=1S/C22H24O3.C14H18N2O2.C11H16O3.C11H10O.C7H6N4O/c23-20(21-9-15-8-16(10-21)12-22(24,11-15)14-21)25-13-18-6-3-5-17-4-1-2-7-19(17)18;17-12(16-2-1-15-9-16)13-4-10-3-11(5-13)7-14(18,6-10)8-13;12-9(13)10-2-7-1-8(3-10)5-11(14,4-7)6-10;12-8-10-6-3-5-9-4-1-2-7-11(9)10;12-7(10-3-1-8-5-10)11-4-2-9-6-11/h1-7,15-16,24H,8-14H2;1-2,9-11,18H,3-8H2;7-8,14H,1-6H2,(H,12,13);1-7,12H,8H2;1-6H. The highest BCUT2D eigenvalue weighted by Gasteiger charge is 2.63. The van der Waals surface area contributed by atoms with Crippen molar-refractivity contribution in [2.45, 2.75) is 146 Å². The minimum absolute atomic E-state index is 0.0899. The van der Waals surface area contributed by atoms with Crippen LogP contribution in [0.4, 0.5) is 4.79 Å². The van der Waals surface area contributed by atoms with Crippen molar-refractivity contribution in [2.75, 3.05) is 0 Å². The van der Waals surface area contributed by atoms with Gasteiger partial charge in [-0.1, -0.05) is 84.9 Å². The van der Waals surface area contributed by atoms with Gasteiger partial charge in [-0.05, 0) is 184 Å². The summed E-state index contributed by atoms with van der Waals surface area (Å²) < 4.78 is 10.2. The second-order valence-electron chi connectivity index (χ2n) is 26.2. The van der Waals surface area contributed by atoms with Crippen LogP contribution in [0.3, 0.4) is 0 Å². The Bertz CT molecular complexity index is 3320. The highest BCUT2D eigenvalue weighted by Crippen LogP contribution is 2.64. The van der Waals surface area contributed by atoms with Crippen LogP contribution in [0.25, 0.3) is 21.5 Å². The van der Waals surface area contributed by atoms with E-state index in [4.69, 9.17) is 9.84 Å². The van der Waals surface area contributed by atoms with E-state index in [-0.39, 0.29) is 29.9 Å². The number of carbonyl (C=O) groups excluding carboxylic acids is 3. The van der Waals surface area contributed by atoms with E-state index < -0.39 is 33.6 Å². The van der Waals surface area contributed by atoms with Crippen molar-refractivity contribution in [3.63, 3.8) is 0 Å². The van der Waals surface area contributed by atoms with Crippen molar-refractivity contribution in [1.29, 1.82) is 0 Å². The number of carboxylic acid groups (broad SMARTS) is 1. The van der Waals surface area contributed by atoms with E-state index >= 15 is 0 Å². The lowest BCUT2D eigenvalue weighted by atomic mass is 9.47. The lowest BCUT2D eigenvalue weighted by molar-refractivity contribution is -0.197. The molecule has 7 aromatic rings. The van der Waals surface area contributed by atoms with Crippen molar-refractivity contribution in [3.05, 3.63) is 152 Å². The first kappa shape index (κ1) is 54.7. The van der Waals surface area contributed by atoms with E-state index in [0.29, 0.717) is 61.4 Å². The number of aliphatic hydroxyl groups is 4. The molecule has 6 unspecified atom stereocenters. The molecule has 4 aromatic carbocycles. The van der Waals surface area contributed by atoms with Gasteiger partial charge >= 0.3 is 18.0 Å². The van der Waals surface area contributed by atoms with Gasteiger partial charge in [-0.2, -0.15) is 0 Å². The molecule has 0 spiro atoms. The van der Waals surface area contributed by atoms with Gasteiger partial charge < -0.3 is 30.3 Å². The van der Waals surface area contributed by atoms with Crippen LogP contribution in [0.1, 0.15) is 131 Å². The third-order valence-corrected chi connectivity index (χ3v) is 19.9. The first-order valence-corrected chi connectivity index (χ1v) is 29.1. The number of esters is 1. The Labute approximate surface area is 471 Å². The quantitative estimate of drug-likeness (QED) is 0.0977. The van der Waals surface area contributed by atoms with Gasteiger partial charge in [-0.3, -0.25) is 28.1 Å². The molecule has 0 aliphatic heterocycles. The van der Waals surface area contributed by atoms with Crippen LogP contribution in [-0.4, -0.2) is 94.9 Å². The zero-order valence-electron chi connectivity index (χ0n) is 45.8. The van der Waals surface area contributed by atoms with Crippen molar-refractivity contribution in [2.24, 2.45) is 51.8 Å². The maximum absolute atomic E-state index is 13.0. The molecule has 12 saturated carbocycles. The second-order valence-corrected chi connectivity index (χ2v) is 26.2. The summed E-state index contributed by atoms with van der Waals surface area (Å²) >= 11 is 0. The summed E-state index contributed by atoms with van der Waals surface area (Å²) in [4.78, 5) is 59.9. The number of rotatable bonds is 6. The van der Waals surface area contributed by atoms with Gasteiger partial charge in [0.05, 0.1) is 39.7 Å². The highest BCUT2D eigenvalue weighted by molar-refractivity contribution is 5.87. The molecule has 0 radical (unpaired) electrons. The molecule has 16 heteroatoms. The zero-order chi connectivity index (χ0) is 56.2. The molecule has 0 saturated heterocycles. The first-order chi connectivity index (χ1) is 38.9. The van der Waals surface area contributed by atoms with Crippen LogP contribution in [0, 0.1) is 51.8 Å². The molecule has 5 N–H and O–H groups in total. The number of fused-ring (bicyclic) bond motifs is 2. The molecule has 3 heterocycles. The van der Waals surface area contributed by atoms with Gasteiger partial charge in [0, 0.05) is 37.2 Å². The number of ether oxygens (including phenoxy) is 1. The lowest BCUT2D eigenvalue weighted by Gasteiger charge is -2.59. The zero-order valence-corrected chi connectivity index (χ0v) is 45.8. The van der Waals surface area contributed by atoms with E-state index in [2.05, 4.69) is 45.3 Å². The molecule has 12 aliphatic rings. The number of benzene rings is 4. The largest absolute Gasteiger partial charge is 0.481 e. The van der Waals surface area contributed by atoms with E-state index in [1.54, 1.807) is 48.1 Å². The molecular formula is C65H74N6O10. The van der Waals surface area contributed by atoms with Crippen LogP contribution in [0.15, 0.2) is 141 Å². The number of carboxylic acids is 1. The van der Waals surface area contributed by atoms with Gasteiger partial charge in [0.25, 0.3) is 0 Å².